The van der Waals surface area contributed by atoms with Crippen molar-refractivity contribution >= 4 is 0 Å². The Hall–Kier alpha value is -1.09. The van der Waals surface area contributed by atoms with Gasteiger partial charge in [0.2, 0.25) is 0 Å². The highest BCUT2D eigenvalue weighted by atomic mass is 19.1. The molecule has 0 aromatic heterocycles. The van der Waals surface area contributed by atoms with Crippen LogP contribution in [-0.4, -0.2) is 7.11 Å². The van der Waals surface area contributed by atoms with Crippen LogP contribution in [-0.2, 0) is 0 Å². The summed E-state index contributed by atoms with van der Waals surface area (Å²) in [5, 5.41) is 0. The SMILES string of the molecule is CCC(C)(C)C(N)c1cc(F)ccc1OC. The Kier molecular flexibility index (Phi) is 3.92. The van der Waals surface area contributed by atoms with Gasteiger partial charge in [-0.15, -0.1) is 0 Å². The van der Waals surface area contributed by atoms with Crippen molar-refractivity contribution in [2.75, 3.05) is 7.11 Å². The molecule has 2 nitrogen and oxygen atoms in total. The van der Waals surface area contributed by atoms with Gasteiger partial charge in [-0.3, -0.25) is 0 Å². The number of rotatable bonds is 4. The lowest BCUT2D eigenvalue weighted by molar-refractivity contribution is 0.270. The predicted molar refractivity (Wildman–Crippen MR) is 64.0 cm³/mol. The molecule has 16 heavy (non-hydrogen) atoms. The predicted octanol–water partition coefficient (Wildman–Crippen LogP) is 3.27. The van der Waals surface area contributed by atoms with Crippen LogP contribution in [0.1, 0.15) is 38.8 Å². The topological polar surface area (TPSA) is 35.2 Å². The molecule has 1 unspecified atom stereocenters. The standard InChI is InChI=1S/C13H20FNO/c1-5-13(2,3)12(15)10-8-9(14)6-7-11(10)16-4/h6-8,12H,5,15H2,1-4H3. The Bertz CT molecular complexity index is 363. The van der Waals surface area contributed by atoms with Crippen molar-refractivity contribution in [1.29, 1.82) is 0 Å². The van der Waals surface area contributed by atoms with E-state index < -0.39 is 0 Å². The zero-order valence-electron chi connectivity index (χ0n) is 10.4. The van der Waals surface area contributed by atoms with Crippen molar-refractivity contribution in [3.63, 3.8) is 0 Å². The fourth-order valence-electron chi connectivity index (χ4n) is 1.59. The fraction of sp³-hybridized carbons (Fsp3) is 0.538. The van der Waals surface area contributed by atoms with Crippen LogP contribution < -0.4 is 10.5 Å². The van der Waals surface area contributed by atoms with E-state index in [9.17, 15) is 4.39 Å². The highest BCUT2D eigenvalue weighted by molar-refractivity contribution is 5.37. The number of benzene rings is 1. The number of halogens is 1. The van der Waals surface area contributed by atoms with Gasteiger partial charge in [-0.2, -0.15) is 0 Å². The molecule has 90 valence electrons. The number of methoxy groups -OCH3 is 1. The second kappa shape index (κ2) is 4.83. The molecule has 2 N–H and O–H groups in total. The Morgan fingerprint density at radius 1 is 1.44 bits per heavy atom. The third-order valence-corrected chi connectivity index (χ3v) is 3.28. The molecule has 1 atom stereocenters. The van der Waals surface area contributed by atoms with E-state index >= 15 is 0 Å². The minimum absolute atomic E-state index is 0.0823. The molecule has 0 amide bonds. The quantitative estimate of drug-likeness (QED) is 0.853. The molecule has 0 saturated heterocycles. The minimum atomic E-state index is -0.279. The first kappa shape index (κ1) is 13.0. The lowest BCUT2D eigenvalue weighted by Crippen LogP contribution is -2.29. The second-order valence-electron chi connectivity index (χ2n) is 4.71. The summed E-state index contributed by atoms with van der Waals surface area (Å²) in [5.74, 6) is 0.369. The molecule has 0 aliphatic carbocycles. The van der Waals surface area contributed by atoms with Crippen LogP contribution in [0, 0.1) is 11.2 Å². The maximum Gasteiger partial charge on any atom is 0.123 e. The summed E-state index contributed by atoms with van der Waals surface area (Å²) >= 11 is 0. The molecule has 0 aliphatic rings. The summed E-state index contributed by atoms with van der Waals surface area (Å²) in [7, 11) is 1.57. The van der Waals surface area contributed by atoms with Gasteiger partial charge in [-0.1, -0.05) is 20.8 Å². The third-order valence-electron chi connectivity index (χ3n) is 3.28. The molecule has 1 aromatic rings. The Balaban J connectivity index is 3.16. The normalized spacial score (nSPS) is 13.6. The van der Waals surface area contributed by atoms with Crippen molar-refractivity contribution in [2.45, 2.75) is 33.2 Å². The van der Waals surface area contributed by atoms with Crippen LogP contribution in [0.4, 0.5) is 4.39 Å². The average molecular weight is 225 g/mol. The van der Waals surface area contributed by atoms with Gasteiger partial charge >= 0.3 is 0 Å². The van der Waals surface area contributed by atoms with Crippen molar-refractivity contribution in [3.05, 3.63) is 29.6 Å². The first-order chi connectivity index (χ1) is 7.42. The molecule has 0 bridgehead atoms. The highest BCUT2D eigenvalue weighted by Gasteiger charge is 2.28. The fourth-order valence-corrected chi connectivity index (χ4v) is 1.59. The molecule has 0 aliphatic heterocycles. The highest BCUT2D eigenvalue weighted by Crippen LogP contribution is 2.38. The summed E-state index contributed by atoms with van der Waals surface area (Å²) in [5.41, 5.74) is 6.83. The summed E-state index contributed by atoms with van der Waals surface area (Å²) in [6.45, 7) is 6.22. The van der Waals surface area contributed by atoms with Crippen molar-refractivity contribution in [1.82, 2.24) is 0 Å². The molecule has 1 rings (SSSR count). The third kappa shape index (κ3) is 2.53. The zero-order valence-corrected chi connectivity index (χ0v) is 10.4. The molecule has 0 radical (unpaired) electrons. The van der Waals surface area contributed by atoms with Gasteiger partial charge < -0.3 is 10.5 Å². The molecule has 0 saturated carbocycles. The monoisotopic (exact) mass is 225 g/mol. The van der Waals surface area contributed by atoms with Gasteiger partial charge in [-0.05, 0) is 30.0 Å². The van der Waals surface area contributed by atoms with E-state index in [2.05, 4.69) is 20.8 Å². The van der Waals surface area contributed by atoms with E-state index in [4.69, 9.17) is 10.5 Å². The first-order valence-electron chi connectivity index (χ1n) is 5.51. The Morgan fingerprint density at radius 2 is 2.06 bits per heavy atom. The van der Waals surface area contributed by atoms with Gasteiger partial charge in [0, 0.05) is 11.6 Å². The van der Waals surface area contributed by atoms with Gasteiger partial charge in [0.25, 0.3) is 0 Å². The number of hydrogen-bond acceptors (Lipinski definition) is 2. The summed E-state index contributed by atoms with van der Waals surface area (Å²) < 4.78 is 18.4. The van der Waals surface area contributed by atoms with Crippen molar-refractivity contribution in [2.24, 2.45) is 11.1 Å². The largest absolute Gasteiger partial charge is 0.496 e. The van der Waals surface area contributed by atoms with Crippen LogP contribution >= 0.6 is 0 Å². The summed E-state index contributed by atoms with van der Waals surface area (Å²) in [6.07, 6.45) is 0.924. The van der Waals surface area contributed by atoms with Crippen LogP contribution in [0.15, 0.2) is 18.2 Å². The molecule has 0 spiro atoms. The van der Waals surface area contributed by atoms with Crippen LogP contribution in [0.5, 0.6) is 5.75 Å². The van der Waals surface area contributed by atoms with E-state index in [1.807, 2.05) is 0 Å². The van der Waals surface area contributed by atoms with Crippen molar-refractivity contribution in [3.8, 4) is 5.75 Å². The smallest absolute Gasteiger partial charge is 0.123 e. The van der Waals surface area contributed by atoms with Crippen LogP contribution in [0.2, 0.25) is 0 Å². The summed E-state index contributed by atoms with van der Waals surface area (Å²) in [6, 6.07) is 4.23. The zero-order chi connectivity index (χ0) is 12.3. The van der Waals surface area contributed by atoms with E-state index in [-0.39, 0.29) is 17.3 Å². The van der Waals surface area contributed by atoms with Gasteiger partial charge in [-0.25, -0.2) is 4.39 Å². The molecule has 1 aromatic carbocycles. The Labute approximate surface area is 96.6 Å². The number of hydrogen-bond donors (Lipinski definition) is 1. The number of ether oxygens (including phenoxy) is 1. The lowest BCUT2D eigenvalue weighted by Gasteiger charge is -2.31. The number of nitrogens with two attached hydrogens (primary N) is 1. The lowest BCUT2D eigenvalue weighted by atomic mass is 9.78. The van der Waals surface area contributed by atoms with Crippen molar-refractivity contribution < 1.29 is 9.13 Å². The van der Waals surface area contributed by atoms with Crippen LogP contribution in [0.3, 0.4) is 0 Å². The van der Waals surface area contributed by atoms with Gasteiger partial charge in [0.1, 0.15) is 11.6 Å². The Morgan fingerprint density at radius 3 is 2.56 bits per heavy atom. The van der Waals surface area contributed by atoms with E-state index in [0.717, 1.165) is 12.0 Å². The van der Waals surface area contributed by atoms with E-state index in [0.29, 0.717) is 5.75 Å². The molecular weight excluding hydrogens is 205 g/mol. The van der Waals surface area contributed by atoms with Gasteiger partial charge in [0.15, 0.2) is 0 Å². The van der Waals surface area contributed by atoms with E-state index in [1.165, 1.54) is 12.1 Å². The molecule has 0 heterocycles. The average Bonchev–Trinajstić information content (AvgIpc) is 2.28. The second-order valence-corrected chi connectivity index (χ2v) is 4.71. The minimum Gasteiger partial charge on any atom is -0.496 e. The molecule has 0 fully saturated rings. The first-order valence-corrected chi connectivity index (χ1v) is 5.51. The summed E-state index contributed by atoms with van der Waals surface area (Å²) in [4.78, 5) is 0. The molecule has 3 heteroatoms. The molecular formula is C13H20FNO. The maximum atomic E-state index is 13.2. The maximum absolute atomic E-state index is 13.2. The van der Waals surface area contributed by atoms with E-state index in [1.54, 1.807) is 13.2 Å². The van der Waals surface area contributed by atoms with Gasteiger partial charge in [0.05, 0.1) is 7.11 Å². The van der Waals surface area contributed by atoms with Crippen LogP contribution in [0.25, 0.3) is 0 Å².